The minimum absolute atomic E-state index is 0.451. The van der Waals surface area contributed by atoms with Crippen LogP contribution >= 0.6 is 0 Å². The lowest BCUT2D eigenvalue weighted by molar-refractivity contribution is -0.394. The third-order valence-electron chi connectivity index (χ3n) is 11.3. The van der Waals surface area contributed by atoms with E-state index in [0.29, 0.717) is 6.26 Å². The summed E-state index contributed by atoms with van der Waals surface area (Å²) in [5.74, 6) is -14.0. The van der Waals surface area contributed by atoms with Crippen LogP contribution in [0.15, 0.2) is 0 Å². The number of aliphatic hydroxyl groups is 14. The van der Waals surface area contributed by atoms with Gasteiger partial charge in [-0.2, -0.15) is 8.42 Å². The smallest absolute Gasteiger partial charge is 0.369 e. The first-order valence-electron chi connectivity index (χ1n) is 19.4. The third kappa shape index (κ3) is 11.4. The molecule has 4 rings (SSSR count). The van der Waals surface area contributed by atoms with Crippen LogP contribution in [0.4, 0.5) is 8.78 Å². The quantitative estimate of drug-likeness (QED) is 0.0639. The van der Waals surface area contributed by atoms with Crippen LogP contribution in [0.5, 0.6) is 0 Å². The Morgan fingerprint density at radius 1 is 0.641 bits per heavy atom. The lowest BCUT2D eigenvalue weighted by atomic mass is 9.83. The number of ether oxygens (including phenoxy) is 6. The van der Waals surface area contributed by atoms with Crippen molar-refractivity contribution in [3.8, 4) is 0 Å². The van der Waals surface area contributed by atoms with Crippen LogP contribution < -0.4 is 0 Å². The lowest BCUT2D eigenvalue weighted by Gasteiger charge is -2.51. The van der Waals surface area contributed by atoms with Crippen LogP contribution in [0.25, 0.3) is 0 Å². The van der Waals surface area contributed by atoms with Gasteiger partial charge in [0.05, 0.1) is 63.2 Å². The molecular formula is C34H58F2O27S. The first kappa shape index (κ1) is 56.2. The van der Waals surface area contributed by atoms with Crippen LogP contribution in [0.1, 0.15) is 20.8 Å². The van der Waals surface area contributed by atoms with Crippen molar-refractivity contribution in [3.05, 3.63) is 0 Å². The average Bonchev–Trinajstić information content (AvgIpc) is 3.24. The standard InChI is InChI=1S/C23H39FO17.C11H19FO10S/c1-6-11(29)20(24)23(22(35)36,40-17(6)13(31)8(28)3-25)41-19-14(32)9(4-26)38-21(16(19)34)39-18-10(5-27)37-7(2)12(30)15(18)33;1-4-6(15)9(12)11(10(17)18,22-23(2,19)20)21-8(4)7(16)5(14)3-13/h6-21,25-34H,3-5H2,1-2H3,(H,35,36);4-9,13-16H,3H2,1-2H3,(H,17,18)/t6-,7+,8-,9?,10?,11+,12?,13-,14+,15-,16?,17?,18-,19+,20?,21+,23+;4-,5-,6+,7-,8?,9?,11-/m11/s1. The Hall–Kier alpha value is -2.09. The summed E-state index contributed by atoms with van der Waals surface area (Å²) < 4.78 is 88.3. The van der Waals surface area contributed by atoms with E-state index in [1.54, 1.807) is 0 Å². The summed E-state index contributed by atoms with van der Waals surface area (Å²) in [6.45, 7) is 0.0866. The Morgan fingerprint density at radius 3 is 1.48 bits per heavy atom. The SMILES string of the molecule is C[C@@H]1OC(CO)[C@@H](O[C@@H]2OC(CO)[C@H](O)[C@H](O[C@@]3(C(=O)O)OC([C@H](O)[C@H](O)CO)[C@H](C)[C@H](O)C3F)C2O)[C@H](O)C1O.C[C@H]1C([C@H](O)[C@H](O)CO)O[C@](OS(C)(=O)=O)(C(=O)O)C(F)[C@H]1O. The Balaban J connectivity index is 0.000000401. The number of hydrogen-bond acceptors (Lipinski definition) is 25. The Kier molecular flexibility index (Phi) is 19.6. The molecule has 0 radical (unpaired) electrons. The van der Waals surface area contributed by atoms with Crippen molar-refractivity contribution in [2.75, 3.05) is 32.7 Å². The number of carboxylic acid groups (broad SMARTS) is 2. The van der Waals surface area contributed by atoms with Crippen LogP contribution in [0, 0.1) is 11.8 Å². The second-order valence-corrected chi connectivity index (χ2v) is 17.4. The zero-order valence-electron chi connectivity index (χ0n) is 34.3. The summed E-state index contributed by atoms with van der Waals surface area (Å²) in [5.41, 5.74) is 0. The summed E-state index contributed by atoms with van der Waals surface area (Å²) >= 11 is 0. The number of carboxylic acids is 2. The second-order valence-electron chi connectivity index (χ2n) is 15.8. The van der Waals surface area contributed by atoms with E-state index in [1.807, 2.05) is 0 Å². The highest BCUT2D eigenvalue weighted by atomic mass is 32.2. The number of rotatable bonds is 16. The van der Waals surface area contributed by atoms with Crippen LogP contribution in [0.2, 0.25) is 0 Å². The molecule has 0 aromatic heterocycles. The van der Waals surface area contributed by atoms with Gasteiger partial charge in [-0.25, -0.2) is 22.6 Å². The molecule has 4 fully saturated rings. The van der Waals surface area contributed by atoms with E-state index < -0.39 is 194 Å². The van der Waals surface area contributed by atoms with Crippen molar-refractivity contribution in [1.29, 1.82) is 0 Å². The minimum atomic E-state index is -4.53. The highest BCUT2D eigenvalue weighted by molar-refractivity contribution is 7.86. The van der Waals surface area contributed by atoms with Crippen molar-refractivity contribution in [2.45, 2.75) is 155 Å². The molecule has 64 heavy (non-hydrogen) atoms. The van der Waals surface area contributed by atoms with Crippen molar-refractivity contribution in [2.24, 2.45) is 11.8 Å². The van der Waals surface area contributed by atoms with Gasteiger partial charge in [0.1, 0.15) is 73.2 Å². The van der Waals surface area contributed by atoms with E-state index in [4.69, 9.17) is 38.6 Å². The summed E-state index contributed by atoms with van der Waals surface area (Å²) in [6, 6.07) is 0. The Morgan fingerprint density at radius 2 is 1.08 bits per heavy atom. The predicted molar refractivity (Wildman–Crippen MR) is 196 cm³/mol. The highest BCUT2D eigenvalue weighted by Gasteiger charge is 2.66. The molecule has 16 N–H and O–H groups in total. The summed E-state index contributed by atoms with van der Waals surface area (Å²) in [7, 11) is -4.53. The molecule has 0 aromatic carbocycles. The van der Waals surface area contributed by atoms with Crippen LogP contribution in [0.3, 0.4) is 0 Å². The molecule has 4 saturated heterocycles. The fourth-order valence-corrected chi connectivity index (χ4v) is 8.10. The lowest BCUT2D eigenvalue weighted by Crippen LogP contribution is -2.71. The van der Waals surface area contributed by atoms with Gasteiger partial charge in [0.25, 0.3) is 10.1 Å². The van der Waals surface area contributed by atoms with Gasteiger partial charge in [-0.15, -0.1) is 0 Å². The summed E-state index contributed by atoms with van der Waals surface area (Å²) in [6.07, 6.45) is -38.0. The Labute approximate surface area is 362 Å². The molecule has 4 aliphatic heterocycles. The maximum absolute atomic E-state index is 15.5. The molecule has 0 aliphatic carbocycles. The fourth-order valence-electron chi connectivity index (χ4n) is 7.44. The van der Waals surface area contributed by atoms with Crippen molar-refractivity contribution in [1.82, 2.24) is 0 Å². The molecule has 4 heterocycles. The summed E-state index contributed by atoms with van der Waals surface area (Å²) in [4.78, 5) is 23.8. The number of halogens is 2. The van der Waals surface area contributed by atoms with Gasteiger partial charge in [0.15, 0.2) is 18.6 Å². The van der Waals surface area contributed by atoms with Crippen molar-refractivity contribution >= 4 is 22.1 Å². The molecule has 24 atom stereocenters. The molecular weight excluding hydrogens is 910 g/mol. The van der Waals surface area contributed by atoms with Gasteiger partial charge in [-0.05, 0) is 6.92 Å². The number of aliphatic hydroxyl groups excluding tert-OH is 14. The maximum atomic E-state index is 15.5. The predicted octanol–water partition coefficient (Wildman–Crippen LogP) is -8.88. The van der Waals surface area contributed by atoms with Gasteiger partial charge in [0, 0.05) is 11.8 Å². The fraction of sp³-hybridized carbons (Fsp3) is 0.941. The molecule has 0 spiro atoms. The van der Waals surface area contributed by atoms with Gasteiger partial charge in [-0.1, -0.05) is 13.8 Å². The number of hydrogen-bond donors (Lipinski definition) is 16. The van der Waals surface area contributed by atoms with E-state index in [0.717, 1.165) is 6.92 Å². The van der Waals surface area contributed by atoms with Gasteiger partial charge >= 0.3 is 23.5 Å². The average molecular weight is 969 g/mol. The molecule has 0 aromatic rings. The molecule has 0 bridgehead atoms. The maximum Gasteiger partial charge on any atom is 0.369 e. The molecule has 0 amide bonds. The molecule has 27 nitrogen and oxygen atoms in total. The topological polar surface area (TPSA) is 457 Å². The Bertz CT molecular complexity index is 1630. The first-order chi connectivity index (χ1) is 29.5. The van der Waals surface area contributed by atoms with Gasteiger partial charge < -0.3 is 110 Å². The van der Waals surface area contributed by atoms with E-state index >= 15 is 4.39 Å². The third-order valence-corrected chi connectivity index (χ3v) is 11.8. The minimum Gasteiger partial charge on any atom is -0.477 e. The van der Waals surface area contributed by atoms with Crippen LogP contribution in [-0.2, 0) is 52.3 Å². The van der Waals surface area contributed by atoms with Crippen molar-refractivity contribution < 1.29 is 141 Å². The summed E-state index contributed by atoms with van der Waals surface area (Å²) in [5, 5.41) is 159. The van der Waals surface area contributed by atoms with E-state index in [-0.39, 0.29) is 0 Å². The monoisotopic (exact) mass is 968 g/mol. The van der Waals surface area contributed by atoms with Gasteiger partial charge in [-0.3, -0.25) is 0 Å². The van der Waals surface area contributed by atoms with E-state index in [2.05, 4.69) is 4.18 Å². The highest BCUT2D eigenvalue weighted by Crippen LogP contribution is 2.42. The van der Waals surface area contributed by atoms with Gasteiger partial charge in [0.2, 0.25) is 0 Å². The molecule has 376 valence electrons. The first-order valence-corrected chi connectivity index (χ1v) is 21.2. The molecule has 8 unspecified atom stereocenters. The van der Waals surface area contributed by atoms with Crippen LogP contribution in [-0.4, -0.2) is 269 Å². The molecule has 4 aliphatic rings. The number of alkyl halides is 2. The van der Waals surface area contributed by atoms with E-state index in [1.165, 1.54) is 13.8 Å². The van der Waals surface area contributed by atoms with E-state index in [9.17, 15) is 93.9 Å². The molecule has 0 saturated carbocycles. The largest absolute Gasteiger partial charge is 0.477 e. The number of carbonyl (C=O) groups is 2. The zero-order valence-corrected chi connectivity index (χ0v) is 35.2. The normalized spacial score (nSPS) is 45.0. The zero-order chi connectivity index (χ0) is 49.1. The molecule has 30 heteroatoms. The second kappa shape index (κ2) is 22.3. The number of aliphatic carboxylic acids is 2. The van der Waals surface area contributed by atoms with Crippen molar-refractivity contribution in [3.63, 3.8) is 0 Å².